The molecule has 0 atom stereocenters. The summed E-state index contributed by atoms with van der Waals surface area (Å²) in [5.74, 6) is 1.35. The van der Waals surface area contributed by atoms with Gasteiger partial charge in [-0.1, -0.05) is 35.5 Å². The summed E-state index contributed by atoms with van der Waals surface area (Å²) >= 11 is 1.42. The average molecular weight is 473 g/mol. The Kier molecular flexibility index (Phi) is 8.00. The molecular weight excluding hydrogens is 440 g/mol. The number of aromatic nitrogens is 3. The van der Waals surface area contributed by atoms with Crippen LogP contribution in [0, 0.1) is 6.92 Å². The topological polar surface area (TPSA) is 83.8 Å². The highest BCUT2D eigenvalue weighted by atomic mass is 32.2. The number of nitrogens with zero attached hydrogens (tertiary/aromatic N) is 6. The SMILES string of the molecule is CCn1c(SCC(=O)N2CCN(C(=O)CN3CCOCC3)CC2)nnc1-c1cccc(C)c1. The smallest absolute Gasteiger partial charge is 0.236 e. The maximum absolute atomic E-state index is 12.8. The van der Waals surface area contributed by atoms with E-state index in [4.69, 9.17) is 4.74 Å². The van der Waals surface area contributed by atoms with E-state index in [-0.39, 0.29) is 11.8 Å². The first-order chi connectivity index (χ1) is 16.0. The van der Waals surface area contributed by atoms with Crippen LogP contribution in [0.3, 0.4) is 0 Å². The second-order valence-corrected chi connectivity index (χ2v) is 9.30. The summed E-state index contributed by atoms with van der Waals surface area (Å²) in [6.45, 7) is 10.6. The first kappa shape index (κ1) is 23.7. The van der Waals surface area contributed by atoms with Gasteiger partial charge in [-0.2, -0.15) is 0 Å². The maximum Gasteiger partial charge on any atom is 0.236 e. The first-order valence-electron chi connectivity index (χ1n) is 11.5. The van der Waals surface area contributed by atoms with Gasteiger partial charge in [0.1, 0.15) is 0 Å². The van der Waals surface area contributed by atoms with Crippen molar-refractivity contribution in [2.45, 2.75) is 25.5 Å². The zero-order valence-electron chi connectivity index (χ0n) is 19.4. The number of morpholine rings is 1. The van der Waals surface area contributed by atoms with Crippen molar-refractivity contribution in [1.29, 1.82) is 0 Å². The molecule has 0 N–H and O–H groups in total. The molecule has 9 nitrogen and oxygen atoms in total. The number of benzene rings is 1. The van der Waals surface area contributed by atoms with Crippen LogP contribution in [-0.4, -0.2) is 106 Å². The summed E-state index contributed by atoms with van der Waals surface area (Å²) in [7, 11) is 0. The Morgan fingerprint density at radius 2 is 1.70 bits per heavy atom. The van der Waals surface area contributed by atoms with Crippen molar-refractivity contribution in [3.8, 4) is 11.4 Å². The van der Waals surface area contributed by atoms with Crippen LogP contribution in [0.5, 0.6) is 0 Å². The van der Waals surface area contributed by atoms with Crippen molar-refractivity contribution in [1.82, 2.24) is 29.5 Å². The van der Waals surface area contributed by atoms with Crippen LogP contribution in [0.1, 0.15) is 12.5 Å². The molecule has 2 fully saturated rings. The van der Waals surface area contributed by atoms with Crippen molar-refractivity contribution in [2.75, 3.05) is 64.8 Å². The van der Waals surface area contributed by atoms with Gasteiger partial charge in [0, 0.05) is 51.4 Å². The summed E-state index contributed by atoms with van der Waals surface area (Å²) in [6.07, 6.45) is 0. The Balaban J connectivity index is 1.27. The van der Waals surface area contributed by atoms with Gasteiger partial charge in [-0.3, -0.25) is 14.5 Å². The van der Waals surface area contributed by atoms with Crippen LogP contribution in [0.15, 0.2) is 29.4 Å². The van der Waals surface area contributed by atoms with Crippen molar-refractivity contribution in [3.63, 3.8) is 0 Å². The number of carbonyl (C=O) groups is 2. The van der Waals surface area contributed by atoms with Crippen LogP contribution < -0.4 is 0 Å². The number of rotatable bonds is 7. The zero-order valence-corrected chi connectivity index (χ0v) is 20.2. The summed E-state index contributed by atoms with van der Waals surface area (Å²) in [4.78, 5) is 31.2. The van der Waals surface area contributed by atoms with Crippen LogP contribution in [0.25, 0.3) is 11.4 Å². The Morgan fingerprint density at radius 1 is 1.00 bits per heavy atom. The molecule has 2 saturated heterocycles. The molecule has 178 valence electrons. The van der Waals surface area contributed by atoms with Gasteiger partial charge in [0.25, 0.3) is 0 Å². The van der Waals surface area contributed by atoms with Crippen LogP contribution in [0.4, 0.5) is 0 Å². The van der Waals surface area contributed by atoms with E-state index in [1.165, 1.54) is 17.3 Å². The molecular formula is C23H32N6O3S. The third-order valence-electron chi connectivity index (χ3n) is 6.08. The lowest BCUT2D eigenvalue weighted by molar-refractivity contribution is -0.139. The van der Waals surface area contributed by atoms with Gasteiger partial charge in [-0.15, -0.1) is 10.2 Å². The minimum atomic E-state index is 0.0723. The predicted molar refractivity (Wildman–Crippen MR) is 127 cm³/mol. The highest BCUT2D eigenvalue weighted by molar-refractivity contribution is 7.99. The number of thioether (sulfide) groups is 1. The summed E-state index contributed by atoms with van der Waals surface area (Å²) in [6, 6.07) is 8.19. The summed E-state index contributed by atoms with van der Waals surface area (Å²) in [5, 5.41) is 9.47. The minimum Gasteiger partial charge on any atom is -0.379 e. The van der Waals surface area contributed by atoms with E-state index in [9.17, 15) is 9.59 Å². The molecule has 0 saturated carbocycles. The van der Waals surface area contributed by atoms with Gasteiger partial charge in [0.2, 0.25) is 11.8 Å². The highest BCUT2D eigenvalue weighted by Gasteiger charge is 2.26. The molecule has 0 spiro atoms. The molecule has 0 unspecified atom stereocenters. The van der Waals surface area contributed by atoms with E-state index in [0.29, 0.717) is 51.7 Å². The Hall–Kier alpha value is -2.43. The molecule has 10 heteroatoms. The molecule has 1 aromatic heterocycles. The number of hydrogen-bond donors (Lipinski definition) is 0. The fourth-order valence-electron chi connectivity index (χ4n) is 4.15. The predicted octanol–water partition coefficient (Wildman–Crippen LogP) is 1.37. The number of aryl methyl sites for hydroxylation is 1. The highest BCUT2D eigenvalue weighted by Crippen LogP contribution is 2.25. The molecule has 0 radical (unpaired) electrons. The molecule has 2 amide bonds. The second-order valence-electron chi connectivity index (χ2n) is 8.36. The van der Waals surface area contributed by atoms with Crippen LogP contribution in [-0.2, 0) is 20.9 Å². The first-order valence-corrected chi connectivity index (χ1v) is 12.5. The third kappa shape index (κ3) is 5.93. The number of piperazine rings is 1. The fraction of sp³-hybridized carbons (Fsp3) is 0.565. The van der Waals surface area contributed by atoms with Gasteiger partial charge >= 0.3 is 0 Å². The van der Waals surface area contributed by atoms with Gasteiger partial charge in [-0.25, -0.2) is 0 Å². The van der Waals surface area contributed by atoms with Crippen molar-refractivity contribution < 1.29 is 14.3 Å². The molecule has 33 heavy (non-hydrogen) atoms. The minimum absolute atomic E-state index is 0.0723. The lowest BCUT2D eigenvalue weighted by Gasteiger charge is -2.36. The monoisotopic (exact) mass is 472 g/mol. The normalized spacial score (nSPS) is 17.4. The van der Waals surface area contributed by atoms with Crippen molar-refractivity contribution in [2.24, 2.45) is 0 Å². The standard InChI is InChI=1S/C23H32N6O3S/c1-3-29-22(19-6-4-5-18(2)15-19)24-25-23(29)33-17-21(31)28-9-7-27(8-10-28)20(30)16-26-11-13-32-14-12-26/h4-6,15H,3,7-14,16-17H2,1-2H3. The maximum atomic E-state index is 12.8. The zero-order chi connectivity index (χ0) is 23.2. The van der Waals surface area contributed by atoms with E-state index in [1.807, 2.05) is 21.9 Å². The molecule has 2 aliphatic rings. The van der Waals surface area contributed by atoms with E-state index in [2.05, 4.69) is 45.6 Å². The molecule has 0 bridgehead atoms. The van der Waals surface area contributed by atoms with E-state index in [0.717, 1.165) is 36.2 Å². The Morgan fingerprint density at radius 3 is 2.36 bits per heavy atom. The Labute approximate surface area is 199 Å². The van der Waals surface area contributed by atoms with E-state index >= 15 is 0 Å². The second kappa shape index (κ2) is 11.1. The van der Waals surface area contributed by atoms with Crippen LogP contribution in [0.2, 0.25) is 0 Å². The molecule has 1 aromatic carbocycles. The molecule has 3 heterocycles. The summed E-state index contributed by atoms with van der Waals surface area (Å²) < 4.78 is 7.39. The van der Waals surface area contributed by atoms with Crippen molar-refractivity contribution in [3.05, 3.63) is 29.8 Å². The summed E-state index contributed by atoms with van der Waals surface area (Å²) in [5.41, 5.74) is 2.20. The van der Waals surface area contributed by atoms with E-state index in [1.54, 1.807) is 0 Å². The largest absolute Gasteiger partial charge is 0.379 e. The van der Waals surface area contributed by atoms with E-state index < -0.39 is 0 Å². The quantitative estimate of drug-likeness (QED) is 0.563. The Bertz CT molecular complexity index is 967. The van der Waals surface area contributed by atoms with Gasteiger partial charge < -0.3 is 19.1 Å². The number of carbonyl (C=O) groups excluding carboxylic acids is 2. The van der Waals surface area contributed by atoms with Gasteiger partial charge in [0.05, 0.1) is 25.5 Å². The van der Waals surface area contributed by atoms with Gasteiger partial charge in [0.15, 0.2) is 11.0 Å². The number of hydrogen-bond acceptors (Lipinski definition) is 7. The molecule has 4 rings (SSSR count). The lowest BCUT2D eigenvalue weighted by Crippen LogP contribution is -2.53. The lowest BCUT2D eigenvalue weighted by atomic mass is 10.1. The average Bonchev–Trinajstić information content (AvgIpc) is 3.26. The van der Waals surface area contributed by atoms with Crippen molar-refractivity contribution >= 4 is 23.6 Å². The number of amides is 2. The fourth-order valence-corrected chi connectivity index (χ4v) is 5.06. The molecule has 2 aromatic rings. The number of ether oxygens (including phenoxy) is 1. The molecule has 0 aliphatic carbocycles. The van der Waals surface area contributed by atoms with Crippen LogP contribution >= 0.6 is 11.8 Å². The molecule has 2 aliphatic heterocycles. The van der Waals surface area contributed by atoms with Gasteiger partial charge in [-0.05, 0) is 19.9 Å². The third-order valence-corrected chi connectivity index (χ3v) is 7.03.